The van der Waals surface area contributed by atoms with Gasteiger partial charge in [0.15, 0.2) is 11.5 Å². The van der Waals surface area contributed by atoms with Crippen molar-refractivity contribution in [1.82, 2.24) is 9.97 Å². The van der Waals surface area contributed by atoms with Crippen molar-refractivity contribution < 1.29 is 14.2 Å². The predicted molar refractivity (Wildman–Crippen MR) is 97.7 cm³/mol. The van der Waals surface area contributed by atoms with E-state index in [-0.39, 0.29) is 0 Å². The Labute approximate surface area is 147 Å². The van der Waals surface area contributed by atoms with Crippen LogP contribution in [0.3, 0.4) is 0 Å². The van der Waals surface area contributed by atoms with Gasteiger partial charge >= 0.3 is 0 Å². The van der Waals surface area contributed by atoms with E-state index in [1.807, 2.05) is 43.4 Å². The minimum atomic E-state index is 0.645. The van der Waals surface area contributed by atoms with Crippen LogP contribution in [0, 0.1) is 0 Å². The Hall–Kier alpha value is -3.02. The molecule has 0 atom stereocenters. The van der Waals surface area contributed by atoms with Gasteiger partial charge in [-0.25, -0.2) is 9.97 Å². The van der Waals surface area contributed by atoms with E-state index in [2.05, 4.69) is 14.9 Å². The molecule has 0 aliphatic rings. The first-order valence-corrected chi connectivity index (χ1v) is 7.87. The first kappa shape index (κ1) is 16.8. The molecule has 0 aliphatic carbocycles. The third-order valence-electron chi connectivity index (χ3n) is 4.08. The average Bonchev–Trinajstić information content (AvgIpc) is 2.66. The number of para-hydroxylation sites is 1. The molecule has 0 unspecified atom stereocenters. The van der Waals surface area contributed by atoms with Gasteiger partial charge in [0, 0.05) is 30.6 Å². The molecule has 0 spiro atoms. The fourth-order valence-corrected chi connectivity index (χ4v) is 2.84. The highest BCUT2D eigenvalue weighted by Crippen LogP contribution is 2.35. The number of fused-ring (bicyclic) bond motifs is 1. The van der Waals surface area contributed by atoms with Gasteiger partial charge in [-0.3, -0.25) is 0 Å². The summed E-state index contributed by atoms with van der Waals surface area (Å²) in [5.41, 5.74) is 1.88. The van der Waals surface area contributed by atoms with E-state index in [0.29, 0.717) is 18.0 Å². The zero-order chi connectivity index (χ0) is 17.8. The Morgan fingerprint density at radius 2 is 1.56 bits per heavy atom. The lowest BCUT2D eigenvalue weighted by molar-refractivity contribution is 0.356. The largest absolute Gasteiger partial charge is 0.496 e. The van der Waals surface area contributed by atoms with Crippen molar-refractivity contribution in [2.75, 3.05) is 33.3 Å². The van der Waals surface area contributed by atoms with Gasteiger partial charge in [-0.1, -0.05) is 18.2 Å². The lowest BCUT2D eigenvalue weighted by Gasteiger charge is -2.21. The van der Waals surface area contributed by atoms with Crippen molar-refractivity contribution in [1.29, 1.82) is 0 Å². The van der Waals surface area contributed by atoms with Crippen molar-refractivity contribution in [3.05, 3.63) is 48.3 Å². The minimum Gasteiger partial charge on any atom is -0.496 e. The molecule has 0 fully saturated rings. The number of hydrogen-bond acceptors (Lipinski definition) is 6. The second kappa shape index (κ2) is 7.25. The van der Waals surface area contributed by atoms with Crippen LogP contribution in [0.1, 0.15) is 5.56 Å². The maximum atomic E-state index is 5.44. The first-order chi connectivity index (χ1) is 12.2. The number of methoxy groups -OCH3 is 3. The zero-order valence-corrected chi connectivity index (χ0v) is 14.8. The van der Waals surface area contributed by atoms with Crippen LogP contribution in [0.2, 0.25) is 0 Å². The van der Waals surface area contributed by atoms with Crippen LogP contribution in [-0.2, 0) is 6.54 Å². The van der Waals surface area contributed by atoms with Crippen molar-refractivity contribution in [2.24, 2.45) is 0 Å². The minimum absolute atomic E-state index is 0.645. The number of benzene rings is 2. The van der Waals surface area contributed by atoms with Crippen molar-refractivity contribution in [3.8, 4) is 17.2 Å². The summed E-state index contributed by atoms with van der Waals surface area (Å²) < 4.78 is 16.2. The standard InChI is InChI=1S/C19H21N3O3/c1-22(11-13-7-5-6-8-16(13)23-2)19-14-9-17(24-3)18(25-4)10-15(14)20-12-21-19/h5-10,12H,11H2,1-4H3. The summed E-state index contributed by atoms with van der Waals surface area (Å²) in [4.78, 5) is 10.9. The molecule has 0 bridgehead atoms. The zero-order valence-electron chi connectivity index (χ0n) is 14.8. The quantitative estimate of drug-likeness (QED) is 0.687. The number of hydrogen-bond donors (Lipinski definition) is 0. The fourth-order valence-electron chi connectivity index (χ4n) is 2.84. The lowest BCUT2D eigenvalue weighted by atomic mass is 10.1. The van der Waals surface area contributed by atoms with Crippen LogP contribution in [0.4, 0.5) is 5.82 Å². The van der Waals surface area contributed by atoms with E-state index in [1.165, 1.54) is 0 Å². The summed E-state index contributed by atoms with van der Waals surface area (Å²) in [5.74, 6) is 2.97. The van der Waals surface area contributed by atoms with E-state index in [1.54, 1.807) is 27.7 Å². The van der Waals surface area contributed by atoms with Gasteiger partial charge in [0.25, 0.3) is 0 Å². The van der Waals surface area contributed by atoms with Crippen molar-refractivity contribution in [2.45, 2.75) is 6.54 Å². The molecule has 6 heteroatoms. The van der Waals surface area contributed by atoms with Gasteiger partial charge in [0.2, 0.25) is 0 Å². The van der Waals surface area contributed by atoms with Gasteiger partial charge in [-0.05, 0) is 12.1 Å². The molecular weight excluding hydrogens is 318 g/mol. The van der Waals surface area contributed by atoms with Crippen molar-refractivity contribution in [3.63, 3.8) is 0 Å². The Morgan fingerprint density at radius 3 is 2.28 bits per heavy atom. The highest BCUT2D eigenvalue weighted by atomic mass is 16.5. The first-order valence-electron chi connectivity index (χ1n) is 7.87. The normalized spacial score (nSPS) is 10.6. The van der Waals surface area contributed by atoms with Crippen LogP contribution >= 0.6 is 0 Å². The van der Waals surface area contributed by atoms with E-state index < -0.39 is 0 Å². The highest BCUT2D eigenvalue weighted by molar-refractivity contribution is 5.91. The number of rotatable bonds is 6. The maximum absolute atomic E-state index is 5.44. The molecule has 25 heavy (non-hydrogen) atoms. The molecule has 1 heterocycles. The van der Waals surface area contributed by atoms with Crippen molar-refractivity contribution >= 4 is 16.7 Å². The van der Waals surface area contributed by atoms with Gasteiger partial charge in [0.05, 0.1) is 26.8 Å². The number of nitrogens with zero attached hydrogens (tertiary/aromatic N) is 3. The third-order valence-corrected chi connectivity index (χ3v) is 4.08. The monoisotopic (exact) mass is 339 g/mol. The fraction of sp³-hybridized carbons (Fsp3) is 0.263. The lowest BCUT2D eigenvalue weighted by Crippen LogP contribution is -2.18. The molecular formula is C19H21N3O3. The van der Waals surface area contributed by atoms with E-state index in [0.717, 1.165) is 28.0 Å². The van der Waals surface area contributed by atoms with Gasteiger partial charge in [-0.15, -0.1) is 0 Å². The van der Waals surface area contributed by atoms with Crippen LogP contribution in [0.15, 0.2) is 42.7 Å². The summed E-state index contributed by atoms with van der Waals surface area (Å²) >= 11 is 0. The van der Waals surface area contributed by atoms with Gasteiger partial charge < -0.3 is 19.1 Å². The molecule has 0 amide bonds. The topological polar surface area (TPSA) is 56.7 Å². The molecule has 1 aromatic heterocycles. The predicted octanol–water partition coefficient (Wildman–Crippen LogP) is 3.29. The Morgan fingerprint density at radius 1 is 0.880 bits per heavy atom. The van der Waals surface area contributed by atoms with Gasteiger partial charge in [0.1, 0.15) is 17.9 Å². The molecule has 3 rings (SSSR count). The second-order valence-corrected chi connectivity index (χ2v) is 5.59. The van der Waals surface area contributed by atoms with E-state index >= 15 is 0 Å². The smallest absolute Gasteiger partial charge is 0.162 e. The summed E-state index contributed by atoms with van der Waals surface area (Å²) in [6.07, 6.45) is 1.56. The average molecular weight is 339 g/mol. The number of aromatic nitrogens is 2. The van der Waals surface area contributed by atoms with Crippen LogP contribution in [0.25, 0.3) is 10.9 Å². The molecule has 0 saturated carbocycles. The van der Waals surface area contributed by atoms with E-state index in [4.69, 9.17) is 14.2 Å². The highest BCUT2D eigenvalue weighted by Gasteiger charge is 2.14. The summed E-state index contributed by atoms with van der Waals surface area (Å²) in [5, 5.41) is 0.901. The van der Waals surface area contributed by atoms with E-state index in [9.17, 15) is 0 Å². The second-order valence-electron chi connectivity index (χ2n) is 5.59. The SMILES string of the molecule is COc1ccccc1CN(C)c1ncnc2cc(OC)c(OC)cc12. The summed E-state index contributed by atoms with van der Waals surface area (Å²) in [7, 11) is 6.90. The molecule has 0 aliphatic heterocycles. The van der Waals surface area contributed by atoms with Crippen LogP contribution in [0.5, 0.6) is 17.2 Å². The Bertz CT molecular complexity index is 883. The maximum Gasteiger partial charge on any atom is 0.162 e. The molecule has 0 N–H and O–H groups in total. The number of ether oxygens (including phenoxy) is 3. The molecule has 0 saturated heterocycles. The third kappa shape index (κ3) is 3.28. The molecule has 0 radical (unpaired) electrons. The molecule has 2 aromatic carbocycles. The van der Waals surface area contributed by atoms with Gasteiger partial charge in [-0.2, -0.15) is 0 Å². The summed E-state index contributed by atoms with van der Waals surface area (Å²) in [6.45, 7) is 0.657. The Balaban J connectivity index is 2.02. The molecule has 6 nitrogen and oxygen atoms in total. The van der Waals surface area contributed by atoms with Crippen LogP contribution < -0.4 is 19.1 Å². The number of anilines is 1. The summed E-state index contributed by atoms with van der Waals surface area (Å²) in [6, 6.07) is 11.7. The van der Waals surface area contributed by atoms with Crippen LogP contribution in [-0.4, -0.2) is 38.3 Å². The Kier molecular flexibility index (Phi) is 4.88. The molecule has 3 aromatic rings. The molecule has 130 valence electrons.